The molecule has 0 aromatic heterocycles. The molecule has 0 aliphatic heterocycles. The Labute approximate surface area is 122 Å². The highest BCUT2D eigenvalue weighted by Gasteiger charge is 2.40. The van der Waals surface area contributed by atoms with Crippen LogP contribution in [-0.4, -0.2) is 18.0 Å². The van der Waals surface area contributed by atoms with Crippen molar-refractivity contribution in [2.75, 3.05) is 6.61 Å². The molecule has 0 spiro atoms. The van der Waals surface area contributed by atoms with Gasteiger partial charge in [-0.25, -0.2) is 0 Å². The third-order valence-electron chi connectivity index (χ3n) is 4.49. The number of carbonyl (C=O) groups is 1. The minimum absolute atomic E-state index is 0.301. The molecule has 1 saturated carbocycles. The molecule has 2 heteroatoms. The van der Waals surface area contributed by atoms with Gasteiger partial charge in [-0.3, -0.25) is 4.79 Å². The lowest BCUT2D eigenvalue weighted by Gasteiger charge is -2.38. The van der Waals surface area contributed by atoms with Crippen molar-refractivity contribution in [2.45, 2.75) is 58.0 Å². The second kappa shape index (κ2) is 7.03. The fraction of sp³-hybridized carbons (Fsp3) is 0.611. The zero-order chi connectivity index (χ0) is 14.4. The molecule has 0 bridgehead atoms. The summed E-state index contributed by atoms with van der Waals surface area (Å²) in [5, 5.41) is 0. The minimum Gasteiger partial charge on any atom is -0.368 e. The van der Waals surface area contributed by atoms with Gasteiger partial charge in [0.15, 0.2) is 5.78 Å². The van der Waals surface area contributed by atoms with E-state index in [1.807, 2.05) is 25.1 Å². The molecular weight excluding hydrogens is 248 g/mol. The van der Waals surface area contributed by atoms with Gasteiger partial charge < -0.3 is 4.74 Å². The maximum Gasteiger partial charge on any atom is 0.164 e. The van der Waals surface area contributed by atoms with Crippen LogP contribution < -0.4 is 0 Å². The van der Waals surface area contributed by atoms with Gasteiger partial charge in [0.1, 0.15) is 5.60 Å². The molecule has 20 heavy (non-hydrogen) atoms. The molecule has 1 fully saturated rings. The standard InChI is InChI=1S/C18H26O2/c1-3-20-18(13-11-15(2)12-14-18)17(19)10-9-16-7-5-4-6-8-16/h4-8,15H,3,9-14H2,1-2H3. The van der Waals surface area contributed by atoms with Crippen LogP contribution in [0.3, 0.4) is 0 Å². The predicted octanol–water partition coefficient (Wildman–Crippen LogP) is 4.17. The summed E-state index contributed by atoms with van der Waals surface area (Å²) < 4.78 is 5.92. The maximum atomic E-state index is 12.7. The van der Waals surface area contributed by atoms with Crippen LogP contribution in [0.2, 0.25) is 0 Å². The van der Waals surface area contributed by atoms with Crippen LogP contribution in [0.1, 0.15) is 51.5 Å². The van der Waals surface area contributed by atoms with Crippen molar-refractivity contribution in [3.63, 3.8) is 0 Å². The molecule has 0 radical (unpaired) electrons. The Balaban J connectivity index is 1.97. The van der Waals surface area contributed by atoms with Crippen molar-refractivity contribution in [1.82, 2.24) is 0 Å². The number of hydrogen-bond donors (Lipinski definition) is 0. The lowest BCUT2D eigenvalue weighted by molar-refractivity contribution is -0.150. The normalized spacial score (nSPS) is 26.4. The number of carbonyl (C=O) groups excluding carboxylic acids is 1. The first-order chi connectivity index (χ1) is 9.66. The zero-order valence-corrected chi connectivity index (χ0v) is 12.7. The van der Waals surface area contributed by atoms with E-state index in [0.717, 1.165) is 38.0 Å². The summed E-state index contributed by atoms with van der Waals surface area (Å²) in [5.41, 5.74) is 0.743. The van der Waals surface area contributed by atoms with Crippen LogP contribution in [0.5, 0.6) is 0 Å². The maximum absolute atomic E-state index is 12.7. The summed E-state index contributed by atoms with van der Waals surface area (Å²) in [5.74, 6) is 1.03. The molecule has 110 valence electrons. The predicted molar refractivity (Wildman–Crippen MR) is 81.8 cm³/mol. The van der Waals surface area contributed by atoms with E-state index in [1.54, 1.807) is 0 Å². The summed E-state index contributed by atoms with van der Waals surface area (Å²) in [4.78, 5) is 12.7. The number of Topliss-reactive ketones (excluding diaryl/α,β-unsaturated/α-hetero) is 1. The first-order valence-corrected chi connectivity index (χ1v) is 7.87. The number of aryl methyl sites for hydroxylation is 1. The van der Waals surface area contributed by atoms with E-state index in [2.05, 4.69) is 19.1 Å². The van der Waals surface area contributed by atoms with Crippen LogP contribution in [0.25, 0.3) is 0 Å². The molecule has 1 aliphatic carbocycles. The molecule has 1 aliphatic rings. The number of benzene rings is 1. The van der Waals surface area contributed by atoms with Gasteiger partial charge in [-0.15, -0.1) is 0 Å². The molecule has 0 saturated heterocycles. The van der Waals surface area contributed by atoms with Gasteiger partial charge in [-0.1, -0.05) is 37.3 Å². The molecule has 0 amide bonds. The van der Waals surface area contributed by atoms with Crippen LogP contribution in [0.4, 0.5) is 0 Å². The van der Waals surface area contributed by atoms with E-state index in [1.165, 1.54) is 5.56 Å². The highest BCUT2D eigenvalue weighted by atomic mass is 16.5. The molecule has 2 nitrogen and oxygen atoms in total. The van der Waals surface area contributed by atoms with Gasteiger partial charge in [-0.2, -0.15) is 0 Å². The first-order valence-electron chi connectivity index (χ1n) is 7.87. The second-order valence-corrected chi connectivity index (χ2v) is 6.02. The minimum atomic E-state index is -0.490. The van der Waals surface area contributed by atoms with Gasteiger partial charge in [0.05, 0.1) is 0 Å². The zero-order valence-electron chi connectivity index (χ0n) is 12.7. The molecule has 0 heterocycles. The van der Waals surface area contributed by atoms with E-state index in [9.17, 15) is 4.79 Å². The van der Waals surface area contributed by atoms with Gasteiger partial charge in [-0.05, 0) is 50.5 Å². The summed E-state index contributed by atoms with van der Waals surface area (Å²) in [6, 6.07) is 10.2. The molecule has 1 aromatic rings. The molecule has 0 N–H and O–H groups in total. The van der Waals surface area contributed by atoms with Crippen LogP contribution in [0.15, 0.2) is 30.3 Å². The molecular formula is C18H26O2. The summed E-state index contributed by atoms with van der Waals surface area (Å²) in [6.07, 6.45) is 5.43. The van der Waals surface area contributed by atoms with Gasteiger partial charge >= 0.3 is 0 Å². The van der Waals surface area contributed by atoms with Gasteiger partial charge in [0.25, 0.3) is 0 Å². The number of rotatable bonds is 6. The monoisotopic (exact) mass is 274 g/mol. The fourth-order valence-corrected chi connectivity index (χ4v) is 3.14. The van der Waals surface area contributed by atoms with E-state index in [4.69, 9.17) is 4.74 Å². The lowest BCUT2D eigenvalue weighted by Crippen LogP contribution is -2.44. The van der Waals surface area contributed by atoms with Crippen molar-refractivity contribution in [2.24, 2.45) is 5.92 Å². The lowest BCUT2D eigenvalue weighted by atomic mass is 9.76. The molecule has 1 aromatic carbocycles. The quantitative estimate of drug-likeness (QED) is 0.778. The van der Waals surface area contributed by atoms with Gasteiger partial charge in [0, 0.05) is 13.0 Å². The molecule has 2 rings (SSSR count). The summed E-state index contributed by atoms with van der Waals surface area (Å²) in [6.45, 7) is 4.89. The Bertz CT molecular complexity index is 416. The highest BCUT2D eigenvalue weighted by Crippen LogP contribution is 2.36. The first kappa shape index (κ1) is 15.2. The smallest absolute Gasteiger partial charge is 0.164 e. The van der Waals surface area contributed by atoms with Gasteiger partial charge in [0.2, 0.25) is 0 Å². The van der Waals surface area contributed by atoms with Crippen LogP contribution in [0, 0.1) is 5.92 Å². The Morgan fingerprint density at radius 3 is 2.50 bits per heavy atom. The number of ether oxygens (including phenoxy) is 1. The Kier molecular flexibility index (Phi) is 5.36. The third kappa shape index (κ3) is 3.69. The van der Waals surface area contributed by atoms with E-state index >= 15 is 0 Å². The molecule has 0 atom stereocenters. The van der Waals surface area contributed by atoms with Crippen LogP contribution in [-0.2, 0) is 16.0 Å². The fourth-order valence-electron chi connectivity index (χ4n) is 3.14. The van der Waals surface area contributed by atoms with Crippen molar-refractivity contribution in [1.29, 1.82) is 0 Å². The average Bonchev–Trinajstić information content (AvgIpc) is 2.48. The number of hydrogen-bond acceptors (Lipinski definition) is 2. The van der Waals surface area contributed by atoms with Crippen molar-refractivity contribution in [3.8, 4) is 0 Å². The number of ketones is 1. The average molecular weight is 274 g/mol. The van der Waals surface area contributed by atoms with Crippen molar-refractivity contribution < 1.29 is 9.53 Å². The Morgan fingerprint density at radius 2 is 1.90 bits per heavy atom. The Hall–Kier alpha value is -1.15. The van der Waals surface area contributed by atoms with E-state index in [0.29, 0.717) is 18.8 Å². The highest BCUT2D eigenvalue weighted by molar-refractivity contribution is 5.87. The van der Waals surface area contributed by atoms with Crippen LogP contribution >= 0.6 is 0 Å². The SMILES string of the molecule is CCOC1(C(=O)CCc2ccccc2)CCC(C)CC1. The topological polar surface area (TPSA) is 26.3 Å². The second-order valence-electron chi connectivity index (χ2n) is 6.02. The van der Waals surface area contributed by atoms with Crippen molar-refractivity contribution in [3.05, 3.63) is 35.9 Å². The summed E-state index contributed by atoms with van der Waals surface area (Å²) in [7, 11) is 0. The Morgan fingerprint density at radius 1 is 1.25 bits per heavy atom. The van der Waals surface area contributed by atoms with E-state index < -0.39 is 5.60 Å². The largest absolute Gasteiger partial charge is 0.368 e. The third-order valence-corrected chi connectivity index (χ3v) is 4.49. The van der Waals surface area contributed by atoms with Crippen molar-refractivity contribution >= 4 is 5.78 Å². The summed E-state index contributed by atoms with van der Waals surface area (Å²) >= 11 is 0. The van der Waals surface area contributed by atoms with E-state index in [-0.39, 0.29) is 0 Å². The molecule has 0 unspecified atom stereocenters.